The number of thiophene rings is 1. The number of non-ortho nitro benzene ring substituents is 1. The van der Waals surface area contributed by atoms with Gasteiger partial charge in [-0.15, -0.1) is 11.3 Å². The van der Waals surface area contributed by atoms with Gasteiger partial charge in [0.25, 0.3) is 5.69 Å². The van der Waals surface area contributed by atoms with E-state index in [-0.39, 0.29) is 21.0 Å². The Morgan fingerprint density at radius 1 is 1.53 bits per heavy atom. The highest BCUT2D eigenvalue weighted by molar-refractivity contribution is 9.10. The zero-order valence-corrected chi connectivity index (χ0v) is 11.1. The molecule has 2 aromatic rings. The molecule has 1 aromatic carbocycles. The van der Waals surface area contributed by atoms with Crippen molar-refractivity contribution in [3.63, 3.8) is 0 Å². The minimum Gasteiger partial charge on any atom is -0.477 e. The molecular weight excluding hydrogens is 334 g/mol. The van der Waals surface area contributed by atoms with Crippen molar-refractivity contribution >= 4 is 60.6 Å². The molecule has 1 aromatic heterocycles. The van der Waals surface area contributed by atoms with Crippen LogP contribution in [0.4, 0.5) is 5.69 Å². The van der Waals surface area contributed by atoms with Gasteiger partial charge in [-0.25, -0.2) is 4.79 Å². The molecule has 1 N–H and O–H groups in total. The Kier molecular flexibility index (Phi) is 3.07. The standard InChI is InChI=1S/C9H3BrClNO4S/c10-3-1-4(12(15)16)6-5(2-3)17-8(7(6)11)9(13)14/h1-2H,(H,13,14). The number of hydrogen-bond acceptors (Lipinski definition) is 4. The molecule has 2 rings (SSSR count). The highest BCUT2D eigenvalue weighted by Gasteiger charge is 2.24. The molecule has 0 bridgehead atoms. The number of carboxylic acids is 1. The van der Waals surface area contributed by atoms with Gasteiger partial charge in [-0.2, -0.15) is 0 Å². The molecule has 0 unspecified atom stereocenters. The van der Waals surface area contributed by atoms with Gasteiger partial charge in [0.15, 0.2) is 0 Å². The summed E-state index contributed by atoms with van der Waals surface area (Å²) in [6.07, 6.45) is 0. The van der Waals surface area contributed by atoms with E-state index in [1.54, 1.807) is 6.07 Å². The smallest absolute Gasteiger partial charge is 0.347 e. The number of halogens is 2. The van der Waals surface area contributed by atoms with Crippen LogP contribution >= 0.6 is 38.9 Å². The number of carboxylic acid groups (broad SMARTS) is 1. The molecule has 0 saturated heterocycles. The van der Waals surface area contributed by atoms with Gasteiger partial charge in [0.2, 0.25) is 0 Å². The first kappa shape index (κ1) is 12.3. The van der Waals surface area contributed by atoms with E-state index in [1.807, 2.05) is 0 Å². The Hall–Kier alpha value is -1.18. The Morgan fingerprint density at radius 3 is 2.71 bits per heavy atom. The fraction of sp³-hybridized carbons (Fsp3) is 0. The van der Waals surface area contributed by atoms with Gasteiger partial charge in [0, 0.05) is 15.2 Å². The largest absolute Gasteiger partial charge is 0.477 e. The Balaban J connectivity index is 2.92. The van der Waals surface area contributed by atoms with Gasteiger partial charge in [0.1, 0.15) is 4.88 Å². The first-order valence-corrected chi connectivity index (χ1v) is 6.19. The molecule has 0 spiro atoms. The van der Waals surface area contributed by atoms with E-state index in [0.29, 0.717) is 9.17 Å². The van der Waals surface area contributed by atoms with Crippen molar-refractivity contribution in [3.05, 3.63) is 36.6 Å². The van der Waals surface area contributed by atoms with Crippen LogP contribution in [0.15, 0.2) is 16.6 Å². The molecule has 17 heavy (non-hydrogen) atoms. The van der Waals surface area contributed by atoms with Crippen LogP contribution in [-0.4, -0.2) is 16.0 Å². The first-order valence-electron chi connectivity index (χ1n) is 4.21. The lowest BCUT2D eigenvalue weighted by Crippen LogP contribution is -1.92. The van der Waals surface area contributed by atoms with Crippen molar-refractivity contribution in [3.8, 4) is 0 Å². The van der Waals surface area contributed by atoms with Crippen LogP contribution in [-0.2, 0) is 0 Å². The summed E-state index contributed by atoms with van der Waals surface area (Å²) in [5.74, 6) is -1.19. The molecule has 0 fully saturated rings. The lowest BCUT2D eigenvalue weighted by molar-refractivity contribution is -0.383. The minimum absolute atomic E-state index is 0.0864. The normalized spacial score (nSPS) is 10.7. The van der Waals surface area contributed by atoms with Gasteiger partial charge < -0.3 is 5.11 Å². The first-order chi connectivity index (χ1) is 7.91. The second-order valence-electron chi connectivity index (χ2n) is 3.11. The van der Waals surface area contributed by atoms with E-state index in [2.05, 4.69) is 15.9 Å². The number of benzene rings is 1. The molecule has 88 valence electrons. The Morgan fingerprint density at radius 2 is 2.18 bits per heavy atom. The molecular formula is C9H3BrClNO4S. The van der Waals surface area contributed by atoms with Gasteiger partial charge >= 0.3 is 5.97 Å². The number of aromatic carboxylic acids is 1. The molecule has 0 amide bonds. The molecule has 0 radical (unpaired) electrons. The van der Waals surface area contributed by atoms with E-state index >= 15 is 0 Å². The summed E-state index contributed by atoms with van der Waals surface area (Å²) in [6, 6.07) is 2.90. The lowest BCUT2D eigenvalue weighted by Gasteiger charge is -1.96. The Labute approximate surface area is 112 Å². The summed E-state index contributed by atoms with van der Waals surface area (Å²) in [5.41, 5.74) is -0.205. The summed E-state index contributed by atoms with van der Waals surface area (Å²) in [5, 5.41) is 19.9. The predicted molar refractivity (Wildman–Crippen MR) is 68.1 cm³/mol. The van der Waals surface area contributed by atoms with E-state index < -0.39 is 10.9 Å². The van der Waals surface area contributed by atoms with Gasteiger partial charge in [-0.3, -0.25) is 10.1 Å². The van der Waals surface area contributed by atoms with Gasteiger partial charge in [-0.05, 0) is 6.07 Å². The third kappa shape index (κ3) is 2.01. The topological polar surface area (TPSA) is 80.4 Å². The summed E-state index contributed by atoms with van der Waals surface area (Å²) in [4.78, 5) is 21.1. The average Bonchev–Trinajstić information content (AvgIpc) is 2.54. The van der Waals surface area contributed by atoms with E-state index in [1.165, 1.54) is 6.07 Å². The van der Waals surface area contributed by atoms with Crippen molar-refractivity contribution < 1.29 is 14.8 Å². The molecule has 0 aliphatic carbocycles. The van der Waals surface area contributed by atoms with Crippen molar-refractivity contribution in [2.24, 2.45) is 0 Å². The summed E-state index contributed by atoms with van der Waals surface area (Å²) in [7, 11) is 0. The van der Waals surface area contributed by atoms with Crippen LogP contribution < -0.4 is 0 Å². The maximum atomic E-state index is 10.9. The minimum atomic E-state index is -1.19. The summed E-state index contributed by atoms with van der Waals surface area (Å²) >= 11 is 9.91. The van der Waals surface area contributed by atoms with Crippen molar-refractivity contribution in [1.82, 2.24) is 0 Å². The Bertz CT molecular complexity index is 654. The van der Waals surface area contributed by atoms with Crippen LogP contribution in [0.2, 0.25) is 5.02 Å². The third-order valence-corrected chi connectivity index (χ3v) is 4.14. The van der Waals surface area contributed by atoms with Crippen LogP contribution in [0.3, 0.4) is 0 Å². The third-order valence-electron chi connectivity index (χ3n) is 2.07. The van der Waals surface area contributed by atoms with Crippen LogP contribution in [0, 0.1) is 10.1 Å². The molecule has 0 aliphatic rings. The number of hydrogen-bond donors (Lipinski definition) is 1. The van der Waals surface area contributed by atoms with Crippen LogP contribution in [0.5, 0.6) is 0 Å². The van der Waals surface area contributed by atoms with E-state index in [9.17, 15) is 14.9 Å². The summed E-state index contributed by atoms with van der Waals surface area (Å²) in [6.45, 7) is 0. The second kappa shape index (κ2) is 4.25. The zero-order chi connectivity index (χ0) is 12.7. The number of rotatable bonds is 2. The number of nitro benzene ring substituents is 1. The van der Waals surface area contributed by atoms with E-state index in [4.69, 9.17) is 16.7 Å². The molecule has 0 saturated carbocycles. The molecule has 5 nitrogen and oxygen atoms in total. The van der Waals surface area contributed by atoms with Gasteiger partial charge in [-0.1, -0.05) is 27.5 Å². The summed E-state index contributed by atoms with van der Waals surface area (Å²) < 4.78 is 0.972. The lowest BCUT2D eigenvalue weighted by atomic mass is 10.2. The molecule has 0 aliphatic heterocycles. The number of carbonyl (C=O) groups is 1. The predicted octanol–water partition coefficient (Wildman–Crippen LogP) is 3.92. The van der Waals surface area contributed by atoms with Crippen molar-refractivity contribution in [2.45, 2.75) is 0 Å². The molecule has 1 heterocycles. The fourth-order valence-corrected chi connectivity index (χ4v) is 3.46. The van der Waals surface area contributed by atoms with Crippen molar-refractivity contribution in [1.29, 1.82) is 0 Å². The number of fused-ring (bicyclic) bond motifs is 1. The van der Waals surface area contributed by atoms with Crippen molar-refractivity contribution in [2.75, 3.05) is 0 Å². The van der Waals surface area contributed by atoms with Crippen LogP contribution in [0.1, 0.15) is 9.67 Å². The monoisotopic (exact) mass is 335 g/mol. The maximum Gasteiger partial charge on any atom is 0.347 e. The van der Waals surface area contributed by atoms with Gasteiger partial charge in [0.05, 0.1) is 15.3 Å². The highest BCUT2D eigenvalue weighted by atomic mass is 79.9. The molecule has 0 atom stereocenters. The fourth-order valence-electron chi connectivity index (χ4n) is 1.42. The van der Waals surface area contributed by atoms with Crippen LogP contribution in [0.25, 0.3) is 10.1 Å². The van der Waals surface area contributed by atoms with E-state index in [0.717, 1.165) is 11.3 Å². The quantitative estimate of drug-likeness (QED) is 0.665. The highest BCUT2D eigenvalue weighted by Crippen LogP contribution is 2.42. The zero-order valence-electron chi connectivity index (χ0n) is 7.94. The maximum absolute atomic E-state index is 10.9. The number of nitro groups is 1. The average molecular weight is 337 g/mol. The second-order valence-corrected chi connectivity index (χ2v) is 5.45. The molecule has 8 heteroatoms. The SMILES string of the molecule is O=C(O)c1sc2cc(Br)cc([N+](=O)[O-])c2c1Cl. The number of nitrogens with zero attached hydrogens (tertiary/aromatic N) is 1.